The fourth-order valence-corrected chi connectivity index (χ4v) is 5.61. The largest absolute Gasteiger partial charge is 0.377 e. The van der Waals surface area contributed by atoms with Crippen LogP contribution in [-0.2, 0) is 27.9 Å². The van der Waals surface area contributed by atoms with Crippen LogP contribution in [-0.4, -0.2) is 42.6 Å². The molecule has 2 aromatic rings. The third-order valence-corrected chi connectivity index (χ3v) is 6.98. The summed E-state index contributed by atoms with van der Waals surface area (Å²) in [5.74, 6) is -1.41. The highest BCUT2D eigenvalue weighted by Gasteiger charge is 2.38. The van der Waals surface area contributed by atoms with E-state index in [1.165, 1.54) is 6.07 Å². The number of aromatic nitrogens is 2. The van der Waals surface area contributed by atoms with Gasteiger partial charge in [0.15, 0.2) is 0 Å². The van der Waals surface area contributed by atoms with Crippen molar-refractivity contribution >= 4 is 27.5 Å². The lowest BCUT2D eigenvalue weighted by Crippen LogP contribution is -2.60. The number of pyridine rings is 1. The van der Waals surface area contributed by atoms with Gasteiger partial charge in [0.05, 0.1) is 24.4 Å². The van der Waals surface area contributed by atoms with Crippen LogP contribution in [0.5, 0.6) is 0 Å². The van der Waals surface area contributed by atoms with Crippen molar-refractivity contribution in [3.05, 3.63) is 40.7 Å². The molecule has 0 spiro atoms. The lowest BCUT2D eigenvalue weighted by molar-refractivity contribution is -0.0522. The Labute approximate surface area is 191 Å². The van der Waals surface area contributed by atoms with Gasteiger partial charge in [-0.1, -0.05) is 6.42 Å². The first kappa shape index (κ1) is 23.2. The van der Waals surface area contributed by atoms with Gasteiger partial charge in [0, 0.05) is 29.6 Å². The molecule has 10 nitrogen and oxygen atoms in total. The summed E-state index contributed by atoms with van der Waals surface area (Å²) in [5.41, 5.74) is 1.11. The Morgan fingerprint density at radius 1 is 1.30 bits per heavy atom. The van der Waals surface area contributed by atoms with E-state index in [0.717, 1.165) is 31.0 Å². The molecular formula is C21H25FN6O4S. The predicted molar refractivity (Wildman–Crippen MR) is 118 cm³/mol. The molecule has 4 rings (SSSR count). The van der Waals surface area contributed by atoms with Crippen LogP contribution in [0, 0.1) is 24.2 Å². The monoisotopic (exact) mass is 476 g/mol. The average molecular weight is 477 g/mol. The number of carbonyl (C=O) groups is 1. The Kier molecular flexibility index (Phi) is 6.13. The normalized spacial score (nSPS) is 17.3. The zero-order chi connectivity index (χ0) is 23.8. The maximum Gasteiger partial charge on any atom is 0.299 e. The van der Waals surface area contributed by atoms with E-state index >= 15 is 0 Å². The second-order valence-corrected chi connectivity index (χ2v) is 10.1. The molecule has 2 aromatic heterocycles. The van der Waals surface area contributed by atoms with E-state index in [1.54, 1.807) is 19.9 Å². The van der Waals surface area contributed by atoms with E-state index in [2.05, 4.69) is 19.7 Å². The number of ether oxygens (including phenoxy) is 1. The number of fused-ring (bicyclic) bond motifs is 1. The molecule has 1 saturated heterocycles. The number of anilines is 2. The summed E-state index contributed by atoms with van der Waals surface area (Å²) in [7, 11) is -3.93. The van der Waals surface area contributed by atoms with Gasteiger partial charge in [0.25, 0.3) is 16.1 Å². The smallest absolute Gasteiger partial charge is 0.299 e. The minimum atomic E-state index is -3.93. The van der Waals surface area contributed by atoms with Gasteiger partial charge < -0.3 is 14.6 Å². The number of amides is 1. The molecule has 3 N–H and O–H groups in total. The summed E-state index contributed by atoms with van der Waals surface area (Å²) in [6.45, 7) is 4.54. The van der Waals surface area contributed by atoms with Gasteiger partial charge >= 0.3 is 0 Å². The van der Waals surface area contributed by atoms with Crippen LogP contribution in [0.25, 0.3) is 0 Å². The van der Waals surface area contributed by atoms with Crippen molar-refractivity contribution in [1.82, 2.24) is 14.3 Å². The van der Waals surface area contributed by atoms with Gasteiger partial charge in [-0.3, -0.25) is 9.52 Å². The Bertz CT molecular complexity index is 1250. The van der Waals surface area contributed by atoms with Gasteiger partial charge in [0.1, 0.15) is 17.5 Å². The quantitative estimate of drug-likeness (QED) is 0.547. The molecule has 0 unspecified atom stereocenters. The topological polar surface area (TPSA) is 138 Å². The first-order valence-electron chi connectivity index (χ1n) is 10.6. The van der Waals surface area contributed by atoms with Crippen molar-refractivity contribution in [3.8, 4) is 6.07 Å². The summed E-state index contributed by atoms with van der Waals surface area (Å²) in [5, 5.41) is 11.6. The van der Waals surface area contributed by atoms with Crippen LogP contribution in [0.15, 0.2) is 12.1 Å². The third-order valence-electron chi connectivity index (χ3n) is 5.75. The number of hydrogen-bond acceptors (Lipinski definition) is 6. The number of halogens is 1. The molecule has 33 heavy (non-hydrogen) atoms. The Morgan fingerprint density at radius 2 is 2.06 bits per heavy atom. The van der Waals surface area contributed by atoms with Gasteiger partial charge in [-0.15, -0.1) is 0 Å². The van der Waals surface area contributed by atoms with E-state index in [9.17, 15) is 17.6 Å². The molecule has 176 valence electrons. The summed E-state index contributed by atoms with van der Waals surface area (Å²) in [6.07, 6.45) is 3.25. The third kappa shape index (κ3) is 4.85. The zero-order valence-corrected chi connectivity index (χ0v) is 19.2. The van der Waals surface area contributed by atoms with Crippen molar-refractivity contribution < 1.29 is 22.3 Å². The molecule has 0 saturated carbocycles. The lowest BCUT2D eigenvalue weighted by Gasteiger charge is -2.38. The number of hydrogen-bond donors (Lipinski definition) is 3. The van der Waals surface area contributed by atoms with Crippen LogP contribution >= 0.6 is 0 Å². The highest BCUT2D eigenvalue weighted by Crippen LogP contribution is 2.33. The van der Waals surface area contributed by atoms with E-state index in [-0.39, 0.29) is 24.6 Å². The van der Waals surface area contributed by atoms with Gasteiger partial charge in [0.2, 0.25) is 5.95 Å². The van der Waals surface area contributed by atoms with Crippen molar-refractivity contribution in [2.75, 3.05) is 23.3 Å². The highest BCUT2D eigenvalue weighted by molar-refractivity contribution is 7.90. The van der Waals surface area contributed by atoms with Crippen LogP contribution in [0.4, 0.5) is 15.8 Å². The number of rotatable bonds is 6. The fraction of sp³-hybridized carbons (Fsp3) is 0.476. The lowest BCUT2D eigenvalue weighted by atomic mass is 10.0. The van der Waals surface area contributed by atoms with Gasteiger partial charge in [-0.25, -0.2) is 4.98 Å². The molecular weight excluding hydrogens is 451 g/mol. The predicted octanol–water partition coefficient (Wildman–Crippen LogP) is 2.22. The molecule has 1 fully saturated rings. The Morgan fingerprint density at radius 3 is 2.73 bits per heavy atom. The van der Waals surface area contributed by atoms with Crippen LogP contribution in [0.2, 0.25) is 0 Å². The molecule has 0 bridgehead atoms. The van der Waals surface area contributed by atoms with Crippen LogP contribution < -0.4 is 14.8 Å². The summed E-state index contributed by atoms with van der Waals surface area (Å²) in [4.78, 5) is 16.7. The maximum atomic E-state index is 13.7. The average Bonchev–Trinajstić information content (AvgIpc) is 2.86. The number of carbonyl (C=O) groups excluding carboxylic acids is 1. The van der Waals surface area contributed by atoms with Crippen molar-refractivity contribution in [2.45, 2.75) is 51.6 Å². The number of nitrogens with zero attached hydrogens (tertiary/aromatic N) is 3. The molecule has 4 heterocycles. The highest BCUT2D eigenvalue weighted by atomic mass is 32.2. The zero-order valence-electron chi connectivity index (χ0n) is 18.4. The minimum Gasteiger partial charge on any atom is -0.377 e. The maximum absolute atomic E-state index is 13.7. The van der Waals surface area contributed by atoms with Crippen molar-refractivity contribution in [3.63, 3.8) is 0 Å². The summed E-state index contributed by atoms with van der Waals surface area (Å²) in [6, 6.07) is 4.05. The fourth-order valence-electron chi connectivity index (χ4n) is 4.25. The second kappa shape index (κ2) is 8.74. The number of nitriles is 1. The second-order valence-electron chi connectivity index (χ2n) is 8.65. The molecule has 0 aromatic carbocycles. The number of nitrogens with one attached hydrogen (secondary N) is 3. The SMILES string of the molecule is Cc1c(NS(=O)(=O)NC2(C)COC2)c2n(c1C(=O)Nc1cc(F)nc(C#N)c1)CCCCC2. The molecule has 0 atom stereocenters. The van der Waals surface area contributed by atoms with Crippen LogP contribution in [0.3, 0.4) is 0 Å². The first-order chi connectivity index (χ1) is 15.6. The van der Waals surface area contributed by atoms with Crippen molar-refractivity contribution in [1.29, 1.82) is 5.26 Å². The van der Waals surface area contributed by atoms with E-state index in [0.29, 0.717) is 29.9 Å². The standard InChI is InChI=1S/C21H25FN6O4S/c1-13-18(26-33(30,31)27-21(2)11-32-12-21)16-6-4-3-5-7-28(16)19(13)20(29)25-14-8-15(10-23)24-17(22)9-14/h8-9,26-27H,3-7,11-12H2,1-2H3,(H,24,25,29). The first-order valence-corrected chi connectivity index (χ1v) is 12.1. The summed E-state index contributed by atoms with van der Waals surface area (Å²) < 4.78 is 51.6. The van der Waals surface area contributed by atoms with Crippen molar-refractivity contribution in [2.24, 2.45) is 0 Å². The molecule has 2 aliphatic rings. The van der Waals surface area contributed by atoms with E-state index in [4.69, 9.17) is 10.00 Å². The van der Waals surface area contributed by atoms with Gasteiger partial charge in [-0.2, -0.15) is 22.8 Å². The minimum absolute atomic E-state index is 0.0920. The Balaban J connectivity index is 1.69. The van der Waals surface area contributed by atoms with E-state index < -0.39 is 27.6 Å². The molecule has 2 aliphatic heterocycles. The molecule has 0 aliphatic carbocycles. The summed E-state index contributed by atoms with van der Waals surface area (Å²) >= 11 is 0. The van der Waals surface area contributed by atoms with Gasteiger partial charge in [-0.05, 0) is 39.2 Å². The molecule has 12 heteroatoms. The van der Waals surface area contributed by atoms with Crippen LogP contribution in [0.1, 0.15) is 53.6 Å². The molecule has 1 amide bonds. The van der Waals surface area contributed by atoms with E-state index in [1.807, 2.05) is 4.57 Å². The molecule has 0 radical (unpaired) electrons. The Hall–Kier alpha value is -3.01.